The maximum Gasteiger partial charge on any atom is -0.0623 e. The van der Waals surface area contributed by atoms with Gasteiger partial charge in [0.15, 0.2) is 0 Å². The summed E-state index contributed by atoms with van der Waals surface area (Å²) in [4.78, 5) is 0. The van der Waals surface area contributed by atoms with Gasteiger partial charge < -0.3 is 0 Å². The summed E-state index contributed by atoms with van der Waals surface area (Å²) in [5.74, 6) is 0. The summed E-state index contributed by atoms with van der Waals surface area (Å²) in [5.41, 5.74) is 0. The van der Waals surface area contributed by atoms with Crippen molar-refractivity contribution >= 4 is 0 Å². The van der Waals surface area contributed by atoms with Crippen molar-refractivity contribution < 1.29 is 0 Å². The van der Waals surface area contributed by atoms with Gasteiger partial charge in [0.05, 0.1) is 0 Å². The lowest BCUT2D eigenvalue weighted by Crippen LogP contribution is -1.47. The van der Waals surface area contributed by atoms with Gasteiger partial charge in [-0.25, -0.2) is 0 Å². The van der Waals surface area contributed by atoms with Crippen LogP contribution in [-0.4, -0.2) is 0 Å². The zero-order valence-corrected chi connectivity index (χ0v) is 3.46. The molecule has 0 N–H and O–H groups in total. The highest BCUT2D eigenvalue weighted by Gasteiger charge is 1.57. The van der Waals surface area contributed by atoms with Crippen LogP contribution in [0.4, 0.5) is 0 Å². The largest absolute Gasteiger partial charge is 0.0623 e. The third kappa shape index (κ3) is 0.582. The minimum Gasteiger partial charge on any atom is -0.0623 e. The molecular weight excluding hydrogens is 72.0 g/mol. The average molecular weight is 78.0 g/mol. The fourth-order valence-electron chi connectivity index (χ4n) is 0.385. The van der Waals surface area contributed by atoms with Gasteiger partial charge in [0.2, 0.25) is 0 Å². The second-order valence-electron chi connectivity index (χ2n) is 1.15. The molecule has 0 aromatic heterocycles. The van der Waals surface area contributed by atoms with Gasteiger partial charge >= 0.3 is 0 Å². The lowest BCUT2D eigenvalue weighted by molar-refractivity contribution is 1.72. The van der Waals surface area contributed by atoms with Gasteiger partial charge in [-0.2, -0.15) is 0 Å². The second-order valence-corrected chi connectivity index (χ2v) is 1.15. The molecule has 0 aliphatic heterocycles. The van der Waals surface area contributed by atoms with Crippen LogP contribution in [0.1, 0.15) is 0 Å². The first-order valence-electron chi connectivity index (χ1n) is 2.00. The summed E-state index contributed by atoms with van der Waals surface area (Å²) in [6.07, 6.45) is 0. The van der Waals surface area contributed by atoms with Gasteiger partial charge in [0.25, 0.3) is 0 Å². The Balaban J connectivity index is 3.00. The van der Waals surface area contributed by atoms with Crippen LogP contribution in [0.15, 0.2) is 36.4 Å². The fourth-order valence-corrected chi connectivity index (χ4v) is 0.385. The van der Waals surface area contributed by atoms with Crippen LogP contribution in [0.5, 0.6) is 0 Å². The van der Waals surface area contributed by atoms with Crippen LogP contribution in [0.3, 0.4) is 0 Å². The maximum absolute atomic E-state index is 2.00. The predicted octanol–water partition coefficient (Wildman–Crippen LogP) is 1.69. The van der Waals surface area contributed by atoms with Crippen molar-refractivity contribution in [2.45, 2.75) is 0 Å². The Morgan fingerprint density at radius 3 is 0.667 bits per heavy atom. The third-order valence-electron chi connectivity index (χ3n) is 0.667. The molecule has 30 valence electrons. The molecule has 0 nitrogen and oxygen atoms in total. The molecule has 6 heavy (non-hydrogen) atoms. The number of benzene rings is 1. The van der Waals surface area contributed by atoms with Crippen molar-refractivity contribution in [1.29, 1.82) is 0 Å². The molecule has 0 atom stereocenters. The standard InChI is InChI=1S/C6H6/c1-2-4-6-5-3-1/h1-6H/i1+0,2+0,3+0,4+0,5+0,6+0. The third-order valence-corrected chi connectivity index (χ3v) is 0.667. The Morgan fingerprint density at radius 2 is 0.500 bits per heavy atom. The molecule has 0 heterocycles. The lowest BCUT2D eigenvalue weighted by atomic mass is 10.4. The predicted molar refractivity (Wildman–Crippen MR) is 26.4 cm³/mol. The second kappa shape index (κ2) is 1.61. The van der Waals surface area contributed by atoms with Crippen molar-refractivity contribution in [2.24, 2.45) is 0 Å². The minimum absolute atomic E-state index is 2.00. The average Bonchev–Trinajstić information content (AvgIpc) is 1.72. The summed E-state index contributed by atoms with van der Waals surface area (Å²) >= 11 is 0. The molecule has 0 saturated heterocycles. The molecule has 0 spiro atoms. The number of rotatable bonds is 0. The molecule has 0 unspecified atom stereocenters. The molecule has 0 aliphatic rings. The van der Waals surface area contributed by atoms with Crippen molar-refractivity contribution in [3.63, 3.8) is 0 Å². The van der Waals surface area contributed by atoms with E-state index in [1.54, 1.807) is 0 Å². The number of hydrogen-bond acceptors (Lipinski definition) is 0. The Labute approximate surface area is 37.4 Å². The molecule has 1 aromatic rings. The van der Waals surface area contributed by atoms with E-state index < -0.39 is 0 Å². The first-order chi connectivity index (χ1) is 3.00. The van der Waals surface area contributed by atoms with Crippen molar-refractivity contribution in [3.8, 4) is 0 Å². The van der Waals surface area contributed by atoms with Crippen LogP contribution in [0.2, 0.25) is 0 Å². The first-order valence-corrected chi connectivity index (χ1v) is 2.00. The topological polar surface area (TPSA) is 0 Å². The molecule has 0 aliphatic carbocycles. The zero-order valence-electron chi connectivity index (χ0n) is 3.46. The summed E-state index contributed by atoms with van der Waals surface area (Å²) < 4.78 is 0. The molecule has 0 heteroatoms. The highest BCUT2D eigenvalue weighted by Crippen LogP contribution is 1.79. The van der Waals surface area contributed by atoms with Gasteiger partial charge in [0, 0.05) is 0 Å². The molecular formula is C6H6. The molecule has 0 radical (unpaired) electrons. The first kappa shape index (κ1) is 3.41. The lowest BCUT2D eigenvalue weighted by Gasteiger charge is -1.69. The van der Waals surface area contributed by atoms with E-state index in [0.29, 0.717) is 0 Å². The zero-order chi connectivity index (χ0) is 4.24. The van der Waals surface area contributed by atoms with Crippen molar-refractivity contribution in [2.75, 3.05) is 0 Å². The molecule has 0 amide bonds. The van der Waals surface area contributed by atoms with E-state index in [0.717, 1.165) is 0 Å². The minimum atomic E-state index is 2.00. The van der Waals surface area contributed by atoms with E-state index in [9.17, 15) is 0 Å². The van der Waals surface area contributed by atoms with Crippen LogP contribution in [0, 0.1) is 0 Å². The van der Waals surface area contributed by atoms with E-state index in [1.165, 1.54) is 0 Å². The molecule has 0 saturated carbocycles. The van der Waals surface area contributed by atoms with E-state index in [2.05, 4.69) is 0 Å². The van der Waals surface area contributed by atoms with Crippen molar-refractivity contribution in [1.82, 2.24) is 0 Å². The highest BCUT2D eigenvalue weighted by atomic mass is 13.6. The molecule has 0 bridgehead atoms. The summed E-state index contributed by atoms with van der Waals surface area (Å²) in [6, 6.07) is 12.0. The molecule has 1 rings (SSSR count). The Kier molecular flexibility index (Phi) is 0.913. The van der Waals surface area contributed by atoms with Gasteiger partial charge in [-0.3, -0.25) is 0 Å². The van der Waals surface area contributed by atoms with E-state index in [4.69, 9.17) is 0 Å². The monoisotopic (exact) mass is 78.0 g/mol. The normalized spacial score (nSPS) is 8.00. The maximum atomic E-state index is 2.00. The van der Waals surface area contributed by atoms with Crippen LogP contribution in [0.25, 0.3) is 0 Å². The highest BCUT2D eigenvalue weighted by molar-refractivity contribution is 4.99. The number of hydrogen-bond donors (Lipinski definition) is 0. The van der Waals surface area contributed by atoms with E-state index in [-0.39, 0.29) is 0 Å². The van der Waals surface area contributed by atoms with Crippen LogP contribution in [-0.2, 0) is 0 Å². The van der Waals surface area contributed by atoms with Crippen LogP contribution < -0.4 is 0 Å². The fraction of sp³-hybridized carbons (Fsp3) is 0. The van der Waals surface area contributed by atoms with Gasteiger partial charge in [-0.15, -0.1) is 0 Å². The summed E-state index contributed by atoms with van der Waals surface area (Å²) in [7, 11) is 0. The molecule has 0 fully saturated rings. The quantitative estimate of drug-likeness (QED) is 0.443. The van der Waals surface area contributed by atoms with Crippen molar-refractivity contribution in [3.05, 3.63) is 36.4 Å². The van der Waals surface area contributed by atoms with Gasteiger partial charge in [-0.05, 0) is 0 Å². The smallest absolute Gasteiger partial charge is 0.0623 e. The summed E-state index contributed by atoms with van der Waals surface area (Å²) in [5, 5.41) is 0. The Morgan fingerprint density at radius 1 is 0.333 bits per heavy atom. The Bertz CT molecular complexity index is 72.0. The van der Waals surface area contributed by atoms with Crippen LogP contribution >= 0.6 is 0 Å². The summed E-state index contributed by atoms with van der Waals surface area (Å²) in [6.45, 7) is 0. The molecule has 1 aromatic carbocycles. The van der Waals surface area contributed by atoms with E-state index >= 15 is 0 Å². The SMILES string of the molecule is [12cH]1[12cH][12cH][12cH][12cH][12cH]1. The van der Waals surface area contributed by atoms with Gasteiger partial charge in [-0.1, -0.05) is 36.4 Å². The Hall–Kier alpha value is -0.780. The van der Waals surface area contributed by atoms with E-state index in [1.807, 2.05) is 36.4 Å². The van der Waals surface area contributed by atoms with Gasteiger partial charge in [0.1, 0.15) is 0 Å².